The SMILES string of the molecule is O=C(c1cc(=O)[nH]c(-c2ccccc2)n1)N1CCCC(c2ncc(Cc3cccc(F)c3)o2)C1. The van der Waals surface area contributed by atoms with Gasteiger partial charge >= 0.3 is 0 Å². The molecule has 0 bridgehead atoms. The lowest BCUT2D eigenvalue weighted by Crippen LogP contribution is -2.40. The summed E-state index contributed by atoms with van der Waals surface area (Å²) < 4.78 is 19.4. The Kier molecular flexibility index (Phi) is 6.03. The van der Waals surface area contributed by atoms with Gasteiger partial charge in [0.2, 0.25) is 0 Å². The Balaban J connectivity index is 1.31. The summed E-state index contributed by atoms with van der Waals surface area (Å²) in [5, 5.41) is 0. The molecule has 172 valence electrons. The van der Waals surface area contributed by atoms with Crippen LogP contribution in [0.2, 0.25) is 0 Å². The minimum atomic E-state index is -0.375. The quantitative estimate of drug-likeness (QED) is 0.485. The number of amides is 1. The lowest BCUT2D eigenvalue weighted by atomic mass is 9.97. The Morgan fingerprint density at radius 1 is 1.15 bits per heavy atom. The molecule has 0 aliphatic carbocycles. The van der Waals surface area contributed by atoms with E-state index in [0.29, 0.717) is 37.0 Å². The number of likely N-dealkylation sites (tertiary alicyclic amines) is 1. The van der Waals surface area contributed by atoms with Crippen molar-refractivity contribution < 1.29 is 13.6 Å². The molecule has 1 aliphatic rings. The Hall–Kier alpha value is -4.07. The third kappa shape index (κ3) is 4.80. The largest absolute Gasteiger partial charge is 0.445 e. The van der Waals surface area contributed by atoms with Gasteiger partial charge in [-0.05, 0) is 30.5 Å². The van der Waals surface area contributed by atoms with E-state index in [1.807, 2.05) is 36.4 Å². The molecule has 1 amide bonds. The van der Waals surface area contributed by atoms with Crippen molar-refractivity contribution in [1.29, 1.82) is 0 Å². The molecule has 2 aromatic heterocycles. The van der Waals surface area contributed by atoms with E-state index in [1.165, 1.54) is 18.2 Å². The number of piperidine rings is 1. The number of hydrogen-bond acceptors (Lipinski definition) is 5. The molecule has 34 heavy (non-hydrogen) atoms. The van der Waals surface area contributed by atoms with E-state index < -0.39 is 0 Å². The van der Waals surface area contributed by atoms with Crippen molar-refractivity contribution in [2.24, 2.45) is 0 Å². The molecule has 1 N–H and O–H groups in total. The predicted octanol–water partition coefficient (Wildman–Crippen LogP) is 4.17. The fourth-order valence-electron chi connectivity index (χ4n) is 4.27. The van der Waals surface area contributed by atoms with Crippen molar-refractivity contribution in [3.05, 3.63) is 106 Å². The molecule has 1 saturated heterocycles. The molecule has 1 aliphatic heterocycles. The fraction of sp³-hybridized carbons (Fsp3) is 0.231. The van der Waals surface area contributed by atoms with Crippen molar-refractivity contribution in [2.45, 2.75) is 25.2 Å². The second-order valence-electron chi connectivity index (χ2n) is 8.41. The number of carbonyl (C=O) groups is 1. The Morgan fingerprint density at radius 2 is 2.00 bits per heavy atom. The first kappa shape index (κ1) is 21.8. The van der Waals surface area contributed by atoms with Gasteiger partial charge in [-0.3, -0.25) is 9.59 Å². The van der Waals surface area contributed by atoms with Gasteiger partial charge in [-0.2, -0.15) is 0 Å². The molecule has 0 radical (unpaired) electrons. The summed E-state index contributed by atoms with van der Waals surface area (Å²) >= 11 is 0. The van der Waals surface area contributed by atoms with E-state index in [9.17, 15) is 14.0 Å². The summed E-state index contributed by atoms with van der Waals surface area (Å²) in [6.45, 7) is 0.995. The molecule has 1 fully saturated rings. The van der Waals surface area contributed by atoms with Crippen LogP contribution in [0.3, 0.4) is 0 Å². The van der Waals surface area contributed by atoms with Crippen LogP contribution in [-0.4, -0.2) is 38.8 Å². The highest BCUT2D eigenvalue weighted by molar-refractivity contribution is 5.92. The van der Waals surface area contributed by atoms with Gasteiger partial charge in [-0.25, -0.2) is 14.4 Å². The van der Waals surface area contributed by atoms with E-state index in [0.717, 1.165) is 24.0 Å². The highest BCUT2D eigenvalue weighted by Gasteiger charge is 2.29. The van der Waals surface area contributed by atoms with Gasteiger partial charge in [0.15, 0.2) is 5.89 Å². The van der Waals surface area contributed by atoms with E-state index in [1.54, 1.807) is 17.2 Å². The topological polar surface area (TPSA) is 92.1 Å². The zero-order valence-electron chi connectivity index (χ0n) is 18.4. The van der Waals surface area contributed by atoms with Crippen LogP contribution in [0.4, 0.5) is 4.39 Å². The smallest absolute Gasteiger partial charge is 0.272 e. The number of benzene rings is 2. The molecule has 0 spiro atoms. The normalized spacial score (nSPS) is 15.9. The summed E-state index contributed by atoms with van der Waals surface area (Å²) in [6.07, 6.45) is 3.72. The number of halogens is 1. The summed E-state index contributed by atoms with van der Waals surface area (Å²) in [6, 6.07) is 16.8. The molecule has 7 nitrogen and oxygen atoms in total. The lowest BCUT2D eigenvalue weighted by Gasteiger charge is -2.31. The number of aromatic nitrogens is 3. The second kappa shape index (κ2) is 9.43. The average molecular weight is 458 g/mol. The maximum atomic E-state index is 13.5. The van der Waals surface area contributed by atoms with Gasteiger partial charge in [0.05, 0.1) is 12.1 Å². The molecular formula is C26H23FN4O3. The van der Waals surface area contributed by atoms with Crippen LogP contribution < -0.4 is 5.56 Å². The number of H-pyrrole nitrogens is 1. The maximum Gasteiger partial charge on any atom is 0.272 e. The second-order valence-corrected chi connectivity index (χ2v) is 8.41. The number of rotatable bonds is 5. The predicted molar refractivity (Wildman–Crippen MR) is 124 cm³/mol. The van der Waals surface area contributed by atoms with Gasteiger partial charge in [0, 0.05) is 31.1 Å². The van der Waals surface area contributed by atoms with Crippen molar-refractivity contribution in [3.8, 4) is 11.4 Å². The lowest BCUT2D eigenvalue weighted by molar-refractivity contribution is 0.0691. The highest BCUT2D eigenvalue weighted by Crippen LogP contribution is 2.28. The maximum absolute atomic E-state index is 13.5. The van der Waals surface area contributed by atoms with Gasteiger partial charge in [-0.1, -0.05) is 42.5 Å². The van der Waals surface area contributed by atoms with Crippen molar-refractivity contribution in [3.63, 3.8) is 0 Å². The third-order valence-electron chi connectivity index (χ3n) is 5.90. The molecule has 1 unspecified atom stereocenters. The fourth-order valence-corrected chi connectivity index (χ4v) is 4.27. The van der Waals surface area contributed by atoms with E-state index in [4.69, 9.17) is 4.42 Å². The number of oxazole rings is 1. The van der Waals surface area contributed by atoms with Crippen LogP contribution in [0.15, 0.2) is 76.1 Å². The first-order valence-electron chi connectivity index (χ1n) is 11.2. The summed E-state index contributed by atoms with van der Waals surface area (Å²) in [7, 11) is 0. The van der Waals surface area contributed by atoms with Crippen molar-refractivity contribution in [1.82, 2.24) is 19.9 Å². The number of nitrogens with one attached hydrogen (secondary N) is 1. The zero-order chi connectivity index (χ0) is 23.5. The Morgan fingerprint density at radius 3 is 2.82 bits per heavy atom. The third-order valence-corrected chi connectivity index (χ3v) is 5.90. The van der Waals surface area contributed by atoms with Gasteiger partial charge < -0.3 is 14.3 Å². The summed E-state index contributed by atoms with van der Waals surface area (Å²) in [5.74, 6) is 0.928. The van der Waals surface area contributed by atoms with Gasteiger partial charge in [0.1, 0.15) is 23.1 Å². The molecule has 4 aromatic rings. The van der Waals surface area contributed by atoms with Gasteiger partial charge in [-0.15, -0.1) is 0 Å². The first-order valence-corrected chi connectivity index (χ1v) is 11.2. The van der Waals surface area contributed by atoms with Crippen LogP contribution in [0.25, 0.3) is 11.4 Å². The number of hydrogen-bond donors (Lipinski definition) is 1. The molecule has 5 rings (SSSR count). The van der Waals surface area contributed by atoms with Gasteiger partial charge in [0.25, 0.3) is 11.5 Å². The minimum Gasteiger partial charge on any atom is -0.445 e. The molecule has 2 aromatic carbocycles. The number of carbonyl (C=O) groups excluding carboxylic acids is 1. The molecule has 8 heteroatoms. The Labute approximate surface area is 195 Å². The standard InChI is InChI=1S/C26H23FN4O3/c27-20-10-4-6-17(12-20)13-21-15-28-25(34-21)19-9-5-11-31(16-19)26(33)22-14-23(32)30-24(29-22)18-7-2-1-3-8-18/h1-4,6-8,10,12,14-15,19H,5,9,11,13,16H2,(H,29,30,32). The highest BCUT2D eigenvalue weighted by atomic mass is 19.1. The Bertz CT molecular complexity index is 1370. The van der Waals surface area contributed by atoms with Crippen LogP contribution in [0, 0.1) is 5.82 Å². The van der Waals surface area contributed by atoms with Crippen molar-refractivity contribution in [2.75, 3.05) is 13.1 Å². The van der Waals surface area contributed by atoms with E-state index in [-0.39, 0.29) is 28.9 Å². The minimum absolute atomic E-state index is 0.0606. The first-order chi connectivity index (χ1) is 16.5. The van der Waals surface area contributed by atoms with Crippen molar-refractivity contribution >= 4 is 5.91 Å². The van der Waals surface area contributed by atoms with Crippen LogP contribution in [0.1, 0.15) is 46.5 Å². The van der Waals surface area contributed by atoms with E-state index >= 15 is 0 Å². The summed E-state index contributed by atoms with van der Waals surface area (Å²) in [5.41, 5.74) is 1.28. The van der Waals surface area contributed by atoms with E-state index in [2.05, 4.69) is 15.0 Å². The van der Waals surface area contributed by atoms with Crippen LogP contribution in [0.5, 0.6) is 0 Å². The van der Waals surface area contributed by atoms with Crippen LogP contribution >= 0.6 is 0 Å². The monoisotopic (exact) mass is 458 g/mol. The average Bonchev–Trinajstić information content (AvgIpc) is 3.32. The summed E-state index contributed by atoms with van der Waals surface area (Å²) in [4.78, 5) is 38.7. The number of aromatic amines is 1. The molecule has 0 saturated carbocycles. The molecule has 1 atom stereocenters. The number of nitrogens with zero attached hydrogens (tertiary/aromatic N) is 3. The van der Waals surface area contributed by atoms with Crippen LogP contribution in [-0.2, 0) is 6.42 Å². The molecular weight excluding hydrogens is 435 g/mol. The molecule has 3 heterocycles. The zero-order valence-corrected chi connectivity index (χ0v) is 18.4.